The van der Waals surface area contributed by atoms with Crippen LogP contribution in [0.4, 0.5) is 0 Å². The smallest absolute Gasteiger partial charge is 0.212 e. The van der Waals surface area contributed by atoms with Crippen molar-refractivity contribution in [1.29, 1.82) is 0 Å². The van der Waals surface area contributed by atoms with Crippen molar-refractivity contribution in [2.75, 3.05) is 26.2 Å². The van der Waals surface area contributed by atoms with Crippen LogP contribution >= 0.6 is 0 Å². The number of fused-ring (bicyclic) bond motifs is 2. The zero-order chi connectivity index (χ0) is 20.2. The Balaban J connectivity index is 1.45. The molecule has 0 amide bonds. The van der Waals surface area contributed by atoms with E-state index in [1.165, 1.54) is 0 Å². The van der Waals surface area contributed by atoms with Crippen molar-refractivity contribution >= 4 is 45.9 Å². The van der Waals surface area contributed by atoms with Crippen molar-refractivity contribution in [3.05, 3.63) is 59.7 Å². The normalized spacial score (nSPS) is 16.1. The van der Waals surface area contributed by atoms with Crippen LogP contribution in [0.15, 0.2) is 68.7 Å². The SMILES string of the molecule is C(=NNC1=NCCN1)c1cccc2cc3c(C=NNC4=NCCN4)cccc3cc12. The molecule has 8 heteroatoms. The Morgan fingerprint density at radius 2 is 1.23 bits per heavy atom. The number of rotatable bonds is 4. The Morgan fingerprint density at radius 3 is 1.67 bits per heavy atom. The number of aliphatic imine (C=N–C) groups is 2. The van der Waals surface area contributed by atoms with Gasteiger partial charge in [-0.1, -0.05) is 36.4 Å². The van der Waals surface area contributed by atoms with Crippen molar-refractivity contribution < 1.29 is 0 Å². The first kappa shape index (κ1) is 18.1. The molecule has 0 aromatic heterocycles. The lowest BCUT2D eigenvalue weighted by atomic mass is 9.97. The molecule has 30 heavy (non-hydrogen) atoms. The molecule has 0 saturated carbocycles. The van der Waals surface area contributed by atoms with Crippen LogP contribution in [0.2, 0.25) is 0 Å². The monoisotopic (exact) mass is 398 g/mol. The largest absolute Gasteiger partial charge is 0.353 e. The molecule has 0 radical (unpaired) electrons. The Morgan fingerprint density at radius 1 is 0.733 bits per heavy atom. The van der Waals surface area contributed by atoms with E-state index in [4.69, 9.17) is 0 Å². The fourth-order valence-electron chi connectivity index (χ4n) is 3.60. The quantitative estimate of drug-likeness (QED) is 0.306. The van der Waals surface area contributed by atoms with E-state index in [1.54, 1.807) is 0 Å². The molecule has 2 heterocycles. The number of hydrogen-bond donors (Lipinski definition) is 4. The molecule has 2 aliphatic rings. The van der Waals surface area contributed by atoms with Gasteiger partial charge in [-0.3, -0.25) is 0 Å². The fourth-order valence-corrected chi connectivity index (χ4v) is 3.60. The summed E-state index contributed by atoms with van der Waals surface area (Å²) in [5, 5.41) is 19.5. The summed E-state index contributed by atoms with van der Waals surface area (Å²) < 4.78 is 0. The van der Waals surface area contributed by atoms with Gasteiger partial charge in [0.15, 0.2) is 0 Å². The highest BCUT2D eigenvalue weighted by atomic mass is 15.4. The lowest BCUT2D eigenvalue weighted by Gasteiger charge is -2.08. The Hall–Kier alpha value is -3.94. The predicted molar refractivity (Wildman–Crippen MR) is 124 cm³/mol. The summed E-state index contributed by atoms with van der Waals surface area (Å²) in [7, 11) is 0. The van der Waals surface area contributed by atoms with Crippen molar-refractivity contribution in [3.8, 4) is 0 Å². The summed E-state index contributed by atoms with van der Waals surface area (Å²) in [6, 6.07) is 16.8. The number of nitrogens with one attached hydrogen (secondary N) is 4. The van der Waals surface area contributed by atoms with Gasteiger partial charge in [0.05, 0.1) is 25.5 Å². The van der Waals surface area contributed by atoms with Crippen molar-refractivity contribution in [2.24, 2.45) is 20.2 Å². The van der Waals surface area contributed by atoms with Gasteiger partial charge in [-0.2, -0.15) is 10.2 Å². The number of hydrogen-bond acceptors (Lipinski definition) is 8. The minimum atomic E-state index is 0.716. The van der Waals surface area contributed by atoms with Crippen LogP contribution in [-0.2, 0) is 0 Å². The average Bonchev–Trinajstić information content (AvgIpc) is 3.47. The second-order valence-electron chi connectivity index (χ2n) is 7.04. The second kappa shape index (κ2) is 8.20. The minimum Gasteiger partial charge on any atom is -0.353 e. The molecule has 0 spiro atoms. The molecule has 150 valence electrons. The van der Waals surface area contributed by atoms with Gasteiger partial charge in [-0.05, 0) is 33.7 Å². The third-order valence-corrected chi connectivity index (χ3v) is 5.04. The Labute approximate surface area is 173 Å². The summed E-state index contributed by atoms with van der Waals surface area (Å²) in [4.78, 5) is 8.56. The Bertz CT molecular complexity index is 1110. The molecule has 3 aromatic carbocycles. The minimum absolute atomic E-state index is 0.716. The molecule has 0 fully saturated rings. The van der Waals surface area contributed by atoms with Crippen LogP contribution in [0.5, 0.6) is 0 Å². The highest BCUT2D eigenvalue weighted by molar-refractivity contribution is 6.10. The lowest BCUT2D eigenvalue weighted by molar-refractivity contribution is 0.920. The molecule has 0 aliphatic carbocycles. The van der Waals surface area contributed by atoms with E-state index < -0.39 is 0 Å². The maximum Gasteiger partial charge on any atom is 0.212 e. The van der Waals surface area contributed by atoms with Gasteiger partial charge in [0.1, 0.15) is 0 Å². The number of nitrogens with zero attached hydrogens (tertiary/aromatic N) is 4. The molecule has 4 N–H and O–H groups in total. The topological polar surface area (TPSA) is 97.6 Å². The summed E-state index contributed by atoms with van der Waals surface area (Å²) in [6.07, 6.45) is 3.67. The van der Waals surface area contributed by atoms with Crippen molar-refractivity contribution in [1.82, 2.24) is 21.5 Å². The molecule has 0 atom stereocenters. The molecular weight excluding hydrogens is 376 g/mol. The summed E-state index contributed by atoms with van der Waals surface area (Å²) in [5.41, 5.74) is 8.01. The molecule has 2 aliphatic heterocycles. The van der Waals surface area contributed by atoms with Gasteiger partial charge in [-0.15, -0.1) is 0 Å². The van der Waals surface area contributed by atoms with Crippen LogP contribution < -0.4 is 21.5 Å². The first-order valence-electron chi connectivity index (χ1n) is 9.97. The highest BCUT2D eigenvalue weighted by Gasteiger charge is 2.06. The third kappa shape index (κ3) is 3.80. The molecule has 3 aromatic rings. The van der Waals surface area contributed by atoms with Crippen molar-refractivity contribution in [2.45, 2.75) is 0 Å². The van der Waals surface area contributed by atoms with E-state index in [0.29, 0.717) is 11.9 Å². The first-order chi connectivity index (χ1) is 14.9. The molecular formula is C22H22N8. The van der Waals surface area contributed by atoms with E-state index in [9.17, 15) is 0 Å². The van der Waals surface area contributed by atoms with E-state index in [2.05, 4.69) is 78.1 Å². The van der Waals surface area contributed by atoms with Crippen LogP contribution in [0, 0.1) is 0 Å². The average molecular weight is 398 g/mol. The van der Waals surface area contributed by atoms with Crippen molar-refractivity contribution in [3.63, 3.8) is 0 Å². The zero-order valence-corrected chi connectivity index (χ0v) is 16.4. The molecule has 0 unspecified atom stereocenters. The molecule has 0 saturated heterocycles. The first-order valence-corrected chi connectivity index (χ1v) is 9.97. The number of benzene rings is 3. The number of guanidine groups is 2. The maximum absolute atomic E-state index is 4.33. The van der Waals surface area contributed by atoms with Crippen LogP contribution in [0.1, 0.15) is 11.1 Å². The maximum atomic E-state index is 4.33. The zero-order valence-electron chi connectivity index (χ0n) is 16.4. The second-order valence-corrected chi connectivity index (χ2v) is 7.04. The Kier molecular flexibility index (Phi) is 4.95. The predicted octanol–water partition coefficient (Wildman–Crippen LogP) is 1.76. The van der Waals surface area contributed by atoms with Gasteiger partial charge < -0.3 is 10.6 Å². The van der Waals surface area contributed by atoms with Gasteiger partial charge in [0.25, 0.3) is 0 Å². The lowest BCUT2D eigenvalue weighted by Crippen LogP contribution is -2.30. The van der Waals surface area contributed by atoms with E-state index in [-0.39, 0.29) is 0 Å². The van der Waals surface area contributed by atoms with Gasteiger partial charge in [-0.25, -0.2) is 20.8 Å². The fraction of sp³-hybridized carbons (Fsp3) is 0.182. The summed E-state index contributed by atoms with van der Waals surface area (Å²) >= 11 is 0. The molecule has 8 nitrogen and oxygen atoms in total. The van der Waals surface area contributed by atoms with Gasteiger partial charge in [0, 0.05) is 24.2 Å². The van der Waals surface area contributed by atoms with Crippen LogP contribution in [0.25, 0.3) is 21.5 Å². The van der Waals surface area contributed by atoms with Gasteiger partial charge in [0.2, 0.25) is 11.9 Å². The van der Waals surface area contributed by atoms with Crippen LogP contribution in [-0.4, -0.2) is 50.5 Å². The van der Waals surface area contributed by atoms with Gasteiger partial charge >= 0.3 is 0 Å². The molecule has 5 rings (SSSR count). The van der Waals surface area contributed by atoms with E-state index in [0.717, 1.165) is 58.9 Å². The number of hydrazone groups is 2. The summed E-state index contributed by atoms with van der Waals surface area (Å²) in [6.45, 7) is 3.27. The highest BCUT2D eigenvalue weighted by Crippen LogP contribution is 2.26. The van der Waals surface area contributed by atoms with E-state index in [1.807, 2.05) is 24.6 Å². The summed E-state index contributed by atoms with van der Waals surface area (Å²) in [5.74, 6) is 1.43. The third-order valence-electron chi connectivity index (χ3n) is 5.04. The molecule has 0 bridgehead atoms. The van der Waals surface area contributed by atoms with E-state index >= 15 is 0 Å². The van der Waals surface area contributed by atoms with Crippen LogP contribution in [0.3, 0.4) is 0 Å². The standard InChI is InChI=1S/C22H22N8/c1-3-15-11-20-16(4-2-6-18(20)14-28-30-22-25-9-10-26-22)12-19(15)17(5-1)13-27-29-21-23-7-8-24-21/h1-6,11-14H,7-10H2,(H2,23,24,29)(H2,25,26,30).